The van der Waals surface area contributed by atoms with Crippen molar-refractivity contribution in [1.29, 1.82) is 0 Å². The summed E-state index contributed by atoms with van der Waals surface area (Å²) in [4.78, 5) is 25.0. The first kappa shape index (κ1) is 18.5. The molecule has 0 unspecified atom stereocenters. The molecule has 3 aromatic carbocycles. The van der Waals surface area contributed by atoms with Gasteiger partial charge in [-0.15, -0.1) is 0 Å². The number of para-hydroxylation sites is 1. The van der Waals surface area contributed by atoms with Gasteiger partial charge in [0.2, 0.25) is 5.78 Å². The number of allylic oxidation sites excluding steroid dienone is 1. The molecule has 3 aromatic rings. The SMILES string of the molecule is COc1ccccc1C=C1Oc2cc(OC(=O)c3ccc(C)cc3)ccc2C1=O. The largest absolute Gasteiger partial charge is 0.496 e. The number of ketones is 1. The van der Waals surface area contributed by atoms with E-state index in [2.05, 4.69) is 0 Å². The molecule has 0 aromatic heterocycles. The molecule has 0 N–H and O–H groups in total. The van der Waals surface area contributed by atoms with Crippen molar-refractivity contribution in [2.45, 2.75) is 6.92 Å². The van der Waals surface area contributed by atoms with Crippen molar-refractivity contribution < 1.29 is 23.8 Å². The lowest BCUT2D eigenvalue weighted by molar-refractivity contribution is 0.0734. The fraction of sp³-hybridized carbons (Fsp3) is 0.0833. The minimum atomic E-state index is -0.473. The second-order valence-electron chi connectivity index (χ2n) is 6.60. The average Bonchev–Trinajstić information content (AvgIpc) is 3.03. The number of esters is 1. The third-order valence-corrected chi connectivity index (χ3v) is 4.56. The lowest BCUT2D eigenvalue weighted by Gasteiger charge is -2.06. The molecule has 5 nitrogen and oxygen atoms in total. The first-order chi connectivity index (χ1) is 14.0. The second kappa shape index (κ2) is 7.64. The van der Waals surface area contributed by atoms with E-state index in [0.29, 0.717) is 28.4 Å². The molecule has 0 bridgehead atoms. The van der Waals surface area contributed by atoms with Crippen LogP contribution in [0.4, 0.5) is 0 Å². The molecule has 29 heavy (non-hydrogen) atoms. The number of ether oxygens (including phenoxy) is 3. The Labute approximate surface area is 168 Å². The maximum absolute atomic E-state index is 12.6. The summed E-state index contributed by atoms with van der Waals surface area (Å²) in [5, 5.41) is 0. The second-order valence-corrected chi connectivity index (χ2v) is 6.60. The van der Waals surface area contributed by atoms with E-state index in [0.717, 1.165) is 11.1 Å². The van der Waals surface area contributed by atoms with E-state index in [1.54, 1.807) is 43.5 Å². The highest BCUT2D eigenvalue weighted by atomic mass is 16.5. The normalized spacial score (nSPS) is 13.7. The van der Waals surface area contributed by atoms with Crippen LogP contribution in [0, 0.1) is 6.92 Å². The van der Waals surface area contributed by atoms with Gasteiger partial charge in [-0.2, -0.15) is 0 Å². The molecule has 0 saturated carbocycles. The number of benzene rings is 3. The molecular weight excluding hydrogens is 368 g/mol. The van der Waals surface area contributed by atoms with Gasteiger partial charge < -0.3 is 14.2 Å². The van der Waals surface area contributed by atoms with Crippen molar-refractivity contribution in [2.75, 3.05) is 7.11 Å². The van der Waals surface area contributed by atoms with Gasteiger partial charge in [0.15, 0.2) is 5.76 Å². The van der Waals surface area contributed by atoms with Gasteiger partial charge in [0.05, 0.1) is 18.2 Å². The molecule has 0 amide bonds. The topological polar surface area (TPSA) is 61.8 Å². The average molecular weight is 386 g/mol. The van der Waals surface area contributed by atoms with Crippen molar-refractivity contribution >= 4 is 17.8 Å². The van der Waals surface area contributed by atoms with Gasteiger partial charge in [0.1, 0.15) is 17.2 Å². The Morgan fingerprint density at radius 2 is 1.76 bits per heavy atom. The van der Waals surface area contributed by atoms with E-state index in [9.17, 15) is 9.59 Å². The van der Waals surface area contributed by atoms with Gasteiger partial charge in [0.25, 0.3) is 0 Å². The molecule has 0 aliphatic carbocycles. The Kier molecular flexibility index (Phi) is 4.87. The standard InChI is InChI=1S/C24H18O5/c1-15-7-9-16(10-8-15)24(26)28-18-11-12-19-21(14-18)29-22(23(19)25)13-17-5-3-4-6-20(17)27-2/h3-14H,1-2H3. The van der Waals surface area contributed by atoms with Crippen LogP contribution in [0.5, 0.6) is 17.2 Å². The Morgan fingerprint density at radius 1 is 1.00 bits per heavy atom. The minimum absolute atomic E-state index is 0.187. The monoisotopic (exact) mass is 386 g/mol. The van der Waals surface area contributed by atoms with Crippen molar-refractivity contribution in [1.82, 2.24) is 0 Å². The van der Waals surface area contributed by atoms with Gasteiger partial charge in [-0.05, 0) is 43.3 Å². The Morgan fingerprint density at radius 3 is 2.52 bits per heavy atom. The molecular formula is C24H18O5. The molecule has 1 heterocycles. The summed E-state index contributed by atoms with van der Waals surface area (Å²) in [5.41, 5.74) is 2.66. The van der Waals surface area contributed by atoms with Crippen LogP contribution < -0.4 is 14.2 Å². The van der Waals surface area contributed by atoms with Crippen LogP contribution in [0.15, 0.2) is 72.5 Å². The van der Waals surface area contributed by atoms with E-state index in [4.69, 9.17) is 14.2 Å². The lowest BCUT2D eigenvalue weighted by atomic mass is 10.1. The molecule has 1 aliphatic rings. The van der Waals surface area contributed by atoms with Crippen molar-refractivity contribution in [3.05, 3.63) is 94.7 Å². The van der Waals surface area contributed by atoms with Crippen molar-refractivity contribution in [2.24, 2.45) is 0 Å². The number of fused-ring (bicyclic) bond motifs is 1. The Balaban J connectivity index is 1.56. The van der Waals surface area contributed by atoms with Crippen LogP contribution in [0.2, 0.25) is 0 Å². The van der Waals surface area contributed by atoms with Gasteiger partial charge >= 0.3 is 5.97 Å². The van der Waals surface area contributed by atoms with Gasteiger partial charge in [-0.3, -0.25) is 4.79 Å². The quantitative estimate of drug-likeness (QED) is 0.365. The zero-order valence-corrected chi connectivity index (χ0v) is 16.0. The zero-order chi connectivity index (χ0) is 20.4. The maximum Gasteiger partial charge on any atom is 0.343 e. The molecule has 0 fully saturated rings. The number of rotatable bonds is 4. The molecule has 5 heteroatoms. The summed E-state index contributed by atoms with van der Waals surface area (Å²) in [5.74, 6) is 0.777. The van der Waals surface area contributed by atoms with Crippen LogP contribution in [0.1, 0.15) is 31.8 Å². The summed E-state index contributed by atoms with van der Waals surface area (Å²) in [7, 11) is 1.57. The molecule has 0 spiro atoms. The number of carbonyl (C=O) groups excluding carboxylic acids is 2. The van der Waals surface area contributed by atoms with Crippen LogP contribution >= 0.6 is 0 Å². The van der Waals surface area contributed by atoms with Gasteiger partial charge in [0, 0.05) is 11.6 Å². The highest BCUT2D eigenvalue weighted by Crippen LogP contribution is 2.35. The highest BCUT2D eigenvalue weighted by molar-refractivity contribution is 6.14. The summed E-state index contributed by atoms with van der Waals surface area (Å²) in [6.07, 6.45) is 1.64. The molecule has 1 aliphatic heterocycles. The zero-order valence-electron chi connectivity index (χ0n) is 16.0. The molecule has 0 saturated heterocycles. The molecule has 144 valence electrons. The summed E-state index contributed by atoms with van der Waals surface area (Å²) in [6.45, 7) is 1.94. The van der Waals surface area contributed by atoms with Crippen LogP contribution in [-0.4, -0.2) is 18.9 Å². The molecule has 0 atom stereocenters. The number of Topliss-reactive ketones (excluding diaryl/α,β-unsaturated/α-hetero) is 1. The maximum atomic E-state index is 12.6. The lowest BCUT2D eigenvalue weighted by Crippen LogP contribution is -2.08. The number of hydrogen-bond donors (Lipinski definition) is 0. The number of aryl methyl sites for hydroxylation is 1. The van der Waals surface area contributed by atoms with E-state index < -0.39 is 5.97 Å². The van der Waals surface area contributed by atoms with Gasteiger partial charge in [-0.1, -0.05) is 35.9 Å². The first-order valence-electron chi connectivity index (χ1n) is 9.05. The molecule has 0 radical (unpaired) electrons. The summed E-state index contributed by atoms with van der Waals surface area (Å²) < 4.78 is 16.5. The predicted octanol–water partition coefficient (Wildman–Crippen LogP) is 4.84. The smallest absolute Gasteiger partial charge is 0.343 e. The Hall–Kier alpha value is -3.86. The number of carbonyl (C=O) groups is 2. The van der Waals surface area contributed by atoms with Crippen LogP contribution in [-0.2, 0) is 0 Å². The van der Waals surface area contributed by atoms with Crippen molar-refractivity contribution in [3.63, 3.8) is 0 Å². The first-order valence-corrected chi connectivity index (χ1v) is 9.05. The fourth-order valence-electron chi connectivity index (χ4n) is 3.01. The number of hydrogen-bond acceptors (Lipinski definition) is 5. The van der Waals surface area contributed by atoms with Crippen LogP contribution in [0.25, 0.3) is 6.08 Å². The predicted molar refractivity (Wildman–Crippen MR) is 109 cm³/mol. The van der Waals surface area contributed by atoms with Crippen molar-refractivity contribution in [3.8, 4) is 17.2 Å². The fourth-order valence-corrected chi connectivity index (χ4v) is 3.01. The van der Waals surface area contributed by atoms with E-state index >= 15 is 0 Å². The minimum Gasteiger partial charge on any atom is -0.496 e. The third-order valence-electron chi connectivity index (χ3n) is 4.56. The highest BCUT2D eigenvalue weighted by Gasteiger charge is 2.28. The number of methoxy groups -OCH3 is 1. The van der Waals surface area contributed by atoms with Crippen LogP contribution in [0.3, 0.4) is 0 Å². The van der Waals surface area contributed by atoms with E-state index in [-0.39, 0.29) is 11.5 Å². The summed E-state index contributed by atoms with van der Waals surface area (Å²) >= 11 is 0. The summed E-state index contributed by atoms with van der Waals surface area (Å²) in [6, 6.07) is 19.2. The van der Waals surface area contributed by atoms with Gasteiger partial charge in [-0.25, -0.2) is 4.79 Å². The van der Waals surface area contributed by atoms with E-state index in [1.165, 1.54) is 0 Å². The Bertz CT molecular complexity index is 1130. The van der Waals surface area contributed by atoms with E-state index in [1.807, 2.05) is 43.3 Å². The third kappa shape index (κ3) is 3.75. The molecule has 4 rings (SSSR count).